The van der Waals surface area contributed by atoms with Crippen molar-refractivity contribution in [1.29, 1.82) is 0 Å². The highest BCUT2D eigenvalue weighted by atomic mass is 32.2. The standard InChI is InChI=1S/C11H13F2NO4S/c1-6(9-5-8(12)3-4-10(9)13)14-19(17,18)7(2)11(15)16/h3-7,14H,1-2H3,(H,15,16). The zero-order chi connectivity index (χ0) is 14.8. The summed E-state index contributed by atoms with van der Waals surface area (Å²) in [7, 11) is -4.18. The lowest BCUT2D eigenvalue weighted by Gasteiger charge is -2.17. The van der Waals surface area contributed by atoms with Crippen LogP contribution in [0.5, 0.6) is 0 Å². The molecule has 106 valence electrons. The average Bonchev–Trinajstić information content (AvgIpc) is 2.30. The number of benzene rings is 1. The summed E-state index contributed by atoms with van der Waals surface area (Å²) in [6.45, 7) is 2.28. The van der Waals surface area contributed by atoms with Crippen molar-refractivity contribution >= 4 is 16.0 Å². The summed E-state index contributed by atoms with van der Waals surface area (Å²) in [5.41, 5.74) is -0.193. The second-order valence-electron chi connectivity index (χ2n) is 4.03. The Labute approximate surface area is 109 Å². The summed E-state index contributed by atoms with van der Waals surface area (Å²) in [6.07, 6.45) is 0. The van der Waals surface area contributed by atoms with Crippen LogP contribution < -0.4 is 4.72 Å². The first-order valence-electron chi connectivity index (χ1n) is 5.34. The van der Waals surface area contributed by atoms with E-state index in [0.29, 0.717) is 0 Å². The van der Waals surface area contributed by atoms with Gasteiger partial charge in [0, 0.05) is 11.6 Å². The van der Waals surface area contributed by atoms with Crippen LogP contribution in [0.2, 0.25) is 0 Å². The van der Waals surface area contributed by atoms with Crippen molar-refractivity contribution in [1.82, 2.24) is 4.72 Å². The maximum Gasteiger partial charge on any atom is 0.323 e. The maximum absolute atomic E-state index is 13.4. The number of halogens is 2. The Bertz CT molecular complexity index is 588. The lowest BCUT2D eigenvalue weighted by molar-refractivity contribution is -0.136. The highest BCUT2D eigenvalue weighted by Gasteiger charge is 2.29. The number of hydrogen-bond donors (Lipinski definition) is 2. The van der Waals surface area contributed by atoms with E-state index in [9.17, 15) is 22.0 Å². The van der Waals surface area contributed by atoms with E-state index < -0.39 is 38.9 Å². The van der Waals surface area contributed by atoms with Gasteiger partial charge in [0.05, 0.1) is 0 Å². The van der Waals surface area contributed by atoms with E-state index in [4.69, 9.17) is 5.11 Å². The molecule has 0 fully saturated rings. The Morgan fingerprint density at radius 3 is 2.42 bits per heavy atom. The Morgan fingerprint density at radius 1 is 1.32 bits per heavy atom. The predicted molar refractivity (Wildman–Crippen MR) is 63.9 cm³/mol. The predicted octanol–water partition coefficient (Wildman–Crippen LogP) is 1.42. The van der Waals surface area contributed by atoms with Crippen molar-refractivity contribution in [3.63, 3.8) is 0 Å². The Kier molecular flexibility index (Phi) is 4.59. The summed E-state index contributed by atoms with van der Waals surface area (Å²) in [5, 5.41) is 6.96. The number of hydrogen-bond acceptors (Lipinski definition) is 3. The van der Waals surface area contributed by atoms with Crippen molar-refractivity contribution in [3.05, 3.63) is 35.4 Å². The quantitative estimate of drug-likeness (QED) is 0.860. The van der Waals surface area contributed by atoms with Gasteiger partial charge < -0.3 is 5.11 Å². The summed E-state index contributed by atoms with van der Waals surface area (Å²) < 4.78 is 51.7. The van der Waals surface area contributed by atoms with Gasteiger partial charge in [0.25, 0.3) is 0 Å². The van der Waals surface area contributed by atoms with Gasteiger partial charge in [0.15, 0.2) is 5.25 Å². The van der Waals surface area contributed by atoms with E-state index in [-0.39, 0.29) is 5.56 Å². The van der Waals surface area contributed by atoms with E-state index in [1.54, 1.807) is 0 Å². The molecule has 0 heterocycles. The molecule has 2 atom stereocenters. The van der Waals surface area contributed by atoms with Crippen LogP contribution in [0, 0.1) is 11.6 Å². The zero-order valence-corrected chi connectivity index (χ0v) is 11.0. The van der Waals surface area contributed by atoms with Crippen molar-refractivity contribution in [2.45, 2.75) is 25.1 Å². The van der Waals surface area contributed by atoms with Crippen LogP contribution in [0.15, 0.2) is 18.2 Å². The Balaban J connectivity index is 3.00. The van der Waals surface area contributed by atoms with Crippen molar-refractivity contribution in [2.75, 3.05) is 0 Å². The van der Waals surface area contributed by atoms with Crippen molar-refractivity contribution in [3.8, 4) is 0 Å². The second-order valence-corrected chi connectivity index (χ2v) is 6.06. The highest BCUT2D eigenvalue weighted by molar-refractivity contribution is 7.90. The molecule has 8 heteroatoms. The fraction of sp³-hybridized carbons (Fsp3) is 0.364. The summed E-state index contributed by atoms with van der Waals surface area (Å²) >= 11 is 0. The fourth-order valence-electron chi connectivity index (χ4n) is 1.39. The molecule has 0 amide bonds. The molecule has 1 aromatic carbocycles. The number of carbonyl (C=O) groups is 1. The molecule has 2 N–H and O–H groups in total. The van der Waals surface area contributed by atoms with E-state index in [2.05, 4.69) is 0 Å². The molecular weight excluding hydrogens is 280 g/mol. The lowest BCUT2D eigenvalue weighted by Crippen LogP contribution is -2.38. The molecule has 0 aromatic heterocycles. The highest BCUT2D eigenvalue weighted by Crippen LogP contribution is 2.19. The molecule has 0 saturated carbocycles. The van der Waals surface area contributed by atoms with Gasteiger partial charge in [0.1, 0.15) is 11.6 Å². The molecule has 1 rings (SSSR count). The van der Waals surface area contributed by atoms with E-state index in [1.807, 2.05) is 4.72 Å². The topological polar surface area (TPSA) is 83.5 Å². The minimum atomic E-state index is -4.18. The number of nitrogens with one attached hydrogen (secondary N) is 1. The number of sulfonamides is 1. The van der Waals surface area contributed by atoms with Gasteiger partial charge in [-0.1, -0.05) is 0 Å². The first kappa shape index (κ1) is 15.5. The number of rotatable bonds is 5. The molecule has 0 saturated heterocycles. The minimum absolute atomic E-state index is 0.193. The molecule has 0 aliphatic carbocycles. The second kappa shape index (κ2) is 5.62. The zero-order valence-electron chi connectivity index (χ0n) is 10.2. The van der Waals surface area contributed by atoms with Crippen LogP contribution in [-0.4, -0.2) is 24.7 Å². The lowest BCUT2D eigenvalue weighted by atomic mass is 10.1. The normalized spacial score (nSPS) is 14.9. The van der Waals surface area contributed by atoms with Gasteiger partial charge >= 0.3 is 5.97 Å². The summed E-state index contributed by atoms with van der Waals surface area (Å²) in [5.74, 6) is -3.02. The molecule has 5 nitrogen and oxygen atoms in total. The summed E-state index contributed by atoms with van der Waals surface area (Å²) in [4.78, 5) is 10.6. The number of aliphatic carboxylic acids is 1. The first-order chi connectivity index (χ1) is 8.65. The third-order valence-corrected chi connectivity index (χ3v) is 4.39. The first-order valence-corrected chi connectivity index (χ1v) is 6.88. The Morgan fingerprint density at radius 2 is 1.89 bits per heavy atom. The van der Waals surface area contributed by atoms with E-state index in [0.717, 1.165) is 25.1 Å². The van der Waals surface area contributed by atoms with Crippen molar-refractivity contribution < 1.29 is 27.1 Å². The van der Waals surface area contributed by atoms with Gasteiger partial charge in [-0.15, -0.1) is 0 Å². The molecule has 0 aliphatic heterocycles. The third kappa shape index (κ3) is 3.71. The van der Waals surface area contributed by atoms with Crippen LogP contribution >= 0.6 is 0 Å². The molecule has 19 heavy (non-hydrogen) atoms. The third-order valence-electron chi connectivity index (χ3n) is 2.58. The van der Waals surface area contributed by atoms with Gasteiger partial charge in [-0.3, -0.25) is 4.79 Å². The SMILES string of the molecule is CC(NS(=O)(=O)C(C)C(=O)O)c1cc(F)ccc1F. The Hall–Kier alpha value is -1.54. The van der Waals surface area contributed by atoms with Gasteiger partial charge in [-0.2, -0.15) is 0 Å². The minimum Gasteiger partial charge on any atom is -0.480 e. The molecule has 0 radical (unpaired) electrons. The molecule has 0 spiro atoms. The van der Waals surface area contributed by atoms with Crippen LogP contribution in [-0.2, 0) is 14.8 Å². The van der Waals surface area contributed by atoms with Crippen LogP contribution in [0.3, 0.4) is 0 Å². The van der Waals surface area contributed by atoms with Crippen LogP contribution in [0.4, 0.5) is 8.78 Å². The molecule has 0 aliphatic rings. The van der Waals surface area contributed by atoms with E-state index in [1.165, 1.54) is 6.92 Å². The number of carboxylic acids is 1. The monoisotopic (exact) mass is 293 g/mol. The van der Waals surface area contributed by atoms with Crippen molar-refractivity contribution in [2.24, 2.45) is 0 Å². The number of carboxylic acid groups (broad SMARTS) is 1. The molecule has 2 unspecified atom stereocenters. The van der Waals surface area contributed by atoms with Gasteiger partial charge in [0.2, 0.25) is 10.0 Å². The maximum atomic E-state index is 13.4. The van der Waals surface area contributed by atoms with Gasteiger partial charge in [-0.25, -0.2) is 21.9 Å². The smallest absolute Gasteiger partial charge is 0.323 e. The van der Waals surface area contributed by atoms with Crippen LogP contribution in [0.1, 0.15) is 25.5 Å². The molecule has 1 aromatic rings. The van der Waals surface area contributed by atoms with Gasteiger partial charge in [-0.05, 0) is 32.0 Å². The van der Waals surface area contributed by atoms with Crippen LogP contribution in [0.25, 0.3) is 0 Å². The fourth-order valence-corrected chi connectivity index (χ4v) is 2.48. The molecule has 0 bridgehead atoms. The molecular formula is C11H13F2NO4S. The average molecular weight is 293 g/mol. The summed E-state index contributed by atoms with van der Waals surface area (Å²) in [6, 6.07) is 1.55. The largest absolute Gasteiger partial charge is 0.480 e. The van der Waals surface area contributed by atoms with E-state index >= 15 is 0 Å².